The lowest BCUT2D eigenvalue weighted by Crippen LogP contribution is -2.22. The number of carbonyl (C=O) groups excluding carboxylic acids is 1. The Morgan fingerprint density at radius 3 is 2.40 bits per heavy atom. The van der Waals surface area contributed by atoms with Crippen LogP contribution in [0.5, 0.6) is 0 Å². The summed E-state index contributed by atoms with van der Waals surface area (Å²) < 4.78 is 0.942. The molecular formula is C14H11BrCl2N2O. The van der Waals surface area contributed by atoms with Gasteiger partial charge in [-0.15, -0.1) is 0 Å². The first-order chi connectivity index (χ1) is 9.56. The normalized spacial score (nSPS) is 10.2. The lowest BCUT2D eigenvalue weighted by molar-refractivity contribution is -0.114. The van der Waals surface area contributed by atoms with E-state index in [1.165, 1.54) is 0 Å². The number of para-hydroxylation sites is 1. The van der Waals surface area contributed by atoms with E-state index in [1.807, 2.05) is 24.3 Å². The summed E-state index contributed by atoms with van der Waals surface area (Å²) in [6, 6.07) is 12.6. The second-order valence-electron chi connectivity index (χ2n) is 4.01. The topological polar surface area (TPSA) is 41.1 Å². The molecule has 0 unspecified atom stereocenters. The molecule has 2 rings (SSSR count). The summed E-state index contributed by atoms with van der Waals surface area (Å²) in [4.78, 5) is 11.9. The van der Waals surface area contributed by atoms with Gasteiger partial charge in [-0.3, -0.25) is 4.79 Å². The standard InChI is InChI=1S/C14H11BrCl2N2O/c15-9-3-1-4-10(7-9)18-8-13(20)19-14-11(16)5-2-6-12(14)17/h1-7,18H,8H2,(H,19,20). The van der Waals surface area contributed by atoms with Crippen molar-refractivity contribution in [2.75, 3.05) is 17.2 Å². The first-order valence-corrected chi connectivity index (χ1v) is 7.34. The van der Waals surface area contributed by atoms with Crippen molar-refractivity contribution in [3.05, 3.63) is 57.0 Å². The van der Waals surface area contributed by atoms with Gasteiger partial charge in [0.2, 0.25) is 5.91 Å². The van der Waals surface area contributed by atoms with Gasteiger partial charge in [0.15, 0.2) is 0 Å². The first-order valence-electron chi connectivity index (χ1n) is 5.79. The number of amides is 1. The highest BCUT2D eigenvalue weighted by Crippen LogP contribution is 2.29. The minimum absolute atomic E-state index is 0.123. The highest BCUT2D eigenvalue weighted by Gasteiger charge is 2.09. The van der Waals surface area contributed by atoms with Crippen LogP contribution in [0.1, 0.15) is 0 Å². The van der Waals surface area contributed by atoms with E-state index in [9.17, 15) is 4.79 Å². The molecule has 0 fully saturated rings. The van der Waals surface area contributed by atoms with Crippen molar-refractivity contribution < 1.29 is 4.79 Å². The summed E-state index contributed by atoms with van der Waals surface area (Å²) in [6.45, 7) is 0.123. The van der Waals surface area contributed by atoms with E-state index < -0.39 is 0 Å². The first kappa shape index (κ1) is 15.2. The zero-order valence-electron chi connectivity index (χ0n) is 10.3. The van der Waals surface area contributed by atoms with Crippen LogP contribution in [-0.4, -0.2) is 12.5 Å². The van der Waals surface area contributed by atoms with Gasteiger partial charge < -0.3 is 10.6 Å². The number of nitrogens with one attached hydrogen (secondary N) is 2. The number of hydrogen-bond acceptors (Lipinski definition) is 2. The molecule has 2 aromatic rings. The maximum absolute atomic E-state index is 11.9. The molecule has 1 amide bonds. The molecule has 3 nitrogen and oxygen atoms in total. The molecular weight excluding hydrogens is 363 g/mol. The molecule has 0 saturated carbocycles. The Balaban J connectivity index is 1.96. The van der Waals surface area contributed by atoms with Crippen molar-refractivity contribution in [2.45, 2.75) is 0 Å². The van der Waals surface area contributed by atoms with Gasteiger partial charge in [-0.05, 0) is 30.3 Å². The molecule has 0 heterocycles. The van der Waals surface area contributed by atoms with Crippen molar-refractivity contribution in [2.24, 2.45) is 0 Å². The molecule has 0 atom stereocenters. The molecule has 6 heteroatoms. The largest absolute Gasteiger partial charge is 0.376 e. The van der Waals surface area contributed by atoms with Gasteiger partial charge in [-0.25, -0.2) is 0 Å². The highest BCUT2D eigenvalue weighted by molar-refractivity contribution is 9.10. The molecule has 0 aliphatic carbocycles. The summed E-state index contributed by atoms with van der Waals surface area (Å²) in [5, 5.41) is 6.52. The van der Waals surface area contributed by atoms with Crippen LogP contribution in [0.3, 0.4) is 0 Å². The fourth-order valence-electron chi connectivity index (χ4n) is 1.58. The Kier molecular flexibility index (Phi) is 5.29. The van der Waals surface area contributed by atoms with Gasteiger partial charge in [0.1, 0.15) is 0 Å². The third-order valence-corrected chi connectivity index (χ3v) is 3.63. The molecule has 20 heavy (non-hydrogen) atoms. The number of rotatable bonds is 4. The van der Waals surface area contributed by atoms with Crippen LogP contribution in [-0.2, 0) is 4.79 Å². The number of halogens is 3. The van der Waals surface area contributed by atoms with Gasteiger partial charge in [0.25, 0.3) is 0 Å². The lowest BCUT2D eigenvalue weighted by atomic mass is 10.3. The molecule has 2 N–H and O–H groups in total. The summed E-state index contributed by atoms with van der Waals surface area (Å²) in [6.07, 6.45) is 0. The maximum atomic E-state index is 11.9. The van der Waals surface area contributed by atoms with Gasteiger partial charge >= 0.3 is 0 Å². The summed E-state index contributed by atoms with van der Waals surface area (Å²) in [7, 11) is 0. The van der Waals surface area contributed by atoms with E-state index in [-0.39, 0.29) is 12.5 Å². The van der Waals surface area contributed by atoms with E-state index in [0.29, 0.717) is 15.7 Å². The maximum Gasteiger partial charge on any atom is 0.243 e. The van der Waals surface area contributed by atoms with Crippen LogP contribution in [0.4, 0.5) is 11.4 Å². The average molecular weight is 374 g/mol. The lowest BCUT2D eigenvalue weighted by Gasteiger charge is -2.10. The minimum atomic E-state index is -0.222. The van der Waals surface area contributed by atoms with E-state index >= 15 is 0 Å². The van der Waals surface area contributed by atoms with Crippen molar-refractivity contribution >= 4 is 56.4 Å². The SMILES string of the molecule is O=C(CNc1cccc(Br)c1)Nc1c(Cl)cccc1Cl. The quantitative estimate of drug-likeness (QED) is 0.807. The highest BCUT2D eigenvalue weighted by atomic mass is 79.9. The number of benzene rings is 2. The summed E-state index contributed by atoms with van der Waals surface area (Å²) in [5.74, 6) is -0.222. The Morgan fingerprint density at radius 2 is 1.75 bits per heavy atom. The molecule has 0 radical (unpaired) electrons. The molecule has 0 spiro atoms. The fraction of sp³-hybridized carbons (Fsp3) is 0.0714. The number of anilines is 2. The van der Waals surface area contributed by atoms with Crippen LogP contribution in [0.15, 0.2) is 46.9 Å². The molecule has 0 bridgehead atoms. The Bertz CT molecular complexity index is 614. The predicted octanol–water partition coefficient (Wildman–Crippen LogP) is 4.81. The van der Waals surface area contributed by atoms with Crippen molar-refractivity contribution in [1.82, 2.24) is 0 Å². The van der Waals surface area contributed by atoms with Crippen LogP contribution in [0.2, 0.25) is 10.0 Å². The fourth-order valence-corrected chi connectivity index (χ4v) is 2.47. The van der Waals surface area contributed by atoms with Crippen LogP contribution in [0, 0.1) is 0 Å². The third-order valence-electron chi connectivity index (χ3n) is 2.50. The molecule has 0 saturated heterocycles. The van der Waals surface area contributed by atoms with Gasteiger partial charge in [0.05, 0.1) is 22.3 Å². The molecule has 104 valence electrons. The zero-order valence-corrected chi connectivity index (χ0v) is 13.4. The van der Waals surface area contributed by atoms with Crippen LogP contribution < -0.4 is 10.6 Å². The Morgan fingerprint density at radius 1 is 1.10 bits per heavy atom. The molecule has 0 aliphatic rings. The van der Waals surface area contributed by atoms with Crippen molar-refractivity contribution in [3.8, 4) is 0 Å². The van der Waals surface area contributed by atoms with Gasteiger partial charge in [-0.2, -0.15) is 0 Å². The Labute approximate surface area is 135 Å². The van der Waals surface area contributed by atoms with E-state index in [4.69, 9.17) is 23.2 Å². The summed E-state index contributed by atoms with van der Waals surface area (Å²) >= 11 is 15.3. The predicted molar refractivity (Wildman–Crippen MR) is 87.7 cm³/mol. The second kappa shape index (κ2) is 6.97. The number of carbonyl (C=O) groups is 1. The smallest absolute Gasteiger partial charge is 0.243 e. The van der Waals surface area contributed by atoms with Crippen LogP contribution in [0.25, 0.3) is 0 Å². The van der Waals surface area contributed by atoms with E-state index in [0.717, 1.165) is 10.2 Å². The van der Waals surface area contributed by atoms with Gasteiger partial charge in [0, 0.05) is 10.2 Å². The van der Waals surface area contributed by atoms with Crippen molar-refractivity contribution in [3.63, 3.8) is 0 Å². The number of hydrogen-bond donors (Lipinski definition) is 2. The molecule has 2 aromatic carbocycles. The zero-order chi connectivity index (χ0) is 14.5. The van der Waals surface area contributed by atoms with Gasteiger partial charge in [-0.1, -0.05) is 51.3 Å². The van der Waals surface area contributed by atoms with E-state index in [1.54, 1.807) is 18.2 Å². The van der Waals surface area contributed by atoms with E-state index in [2.05, 4.69) is 26.6 Å². The van der Waals surface area contributed by atoms with Crippen LogP contribution >= 0.6 is 39.1 Å². The third kappa shape index (κ3) is 4.13. The Hall–Kier alpha value is -1.23. The summed E-state index contributed by atoms with van der Waals surface area (Å²) in [5.41, 5.74) is 1.27. The molecule has 0 aliphatic heterocycles. The van der Waals surface area contributed by atoms with Crippen molar-refractivity contribution in [1.29, 1.82) is 0 Å². The molecule has 0 aromatic heterocycles. The average Bonchev–Trinajstić information content (AvgIpc) is 2.41. The monoisotopic (exact) mass is 372 g/mol. The second-order valence-corrected chi connectivity index (χ2v) is 5.74. The minimum Gasteiger partial charge on any atom is -0.376 e.